The number of hydrogen-bond acceptors (Lipinski definition) is 2. The van der Waals surface area contributed by atoms with Crippen molar-refractivity contribution >= 4 is 28.4 Å². The third-order valence-corrected chi connectivity index (χ3v) is 3.14. The van der Waals surface area contributed by atoms with Gasteiger partial charge in [-0.1, -0.05) is 0 Å². The van der Waals surface area contributed by atoms with E-state index in [1.807, 2.05) is 0 Å². The minimum Gasteiger partial charge on any atom is -0.492 e. The average Bonchev–Trinajstić information content (AvgIpc) is 2.18. The molecule has 0 N–H and O–H groups in total. The molecule has 0 saturated heterocycles. The molecule has 1 aromatic carbocycles. The normalized spacial score (nSPS) is 11.4. The summed E-state index contributed by atoms with van der Waals surface area (Å²) in [4.78, 5) is 11.2. The smallest absolute Gasteiger partial charge is 0.420 e. The van der Waals surface area contributed by atoms with Crippen molar-refractivity contribution in [1.29, 1.82) is 0 Å². The van der Waals surface area contributed by atoms with Crippen LogP contribution in [-0.2, 0) is 6.18 Å². The quantitative estimate of drug-likeness (QED) is 0.605. The average molecular weight is 358 g/mol. The van der Waals surface area contributed by atoms with Gasteiger partial charge in [-0.2, -0.15) is 13.2 Å². The molecule has 0 spiro atoms. The van der Waals surface area contributed by atoms with Crippen LogP contribution in [-0.4, -0.2) is 12.4 Å². The van der Waals surface area contributed by atoms with Gasteiger partial charge in [0.25, 0.3) is 0 Å². The fourth-order valence-electron chi connectivity index (χ4n) is 1.34. The Kier molecular flexibility index (Phi) is 4.40. The molecule has 1 aromatic rings. The molecule has 0 aliphatic heterocycles. The zero-order valence-electron chi connectivity index (χ0n) is 9.19. The molecule has 1 rings (SSSR count). The van der Waals surface area contributed by atoms with E-state index in [1.165, 1.54) is 13.0 Å². The fourth-order valence-corrected chi connectivity index (χ4v) is 2.34. The summed E-state index contributed by atoms with van der Waals surface area (Å²) < 4.78 is 43.4. The Morgan fingerprint density at radius 2 is 2.00 bits per heavy atom. The van der Waals surface area contributed by atoms with Crippen molar-refractivity contribution in [2.45, 2.75) is 20.0 Å². The second kappa shape index (κ2) is 5.24. The Bertz CT molecular complexity index is 441. The highest BCUT2D eigenvalue weighted by Gasteiger charge is 2.36. The summed E-state index contributed by atoms with van der Waals surface area (Å²) in [5.41, 5.74) is -0.615. The van der Waals surface area contributed by atoms with Gasteiger partial charge in [0.2, 0.25) is 0 Å². The Morgan fingerprint density at radius 3 is 2.41 bits per heavy atom. The lowest BCUT2D eigenvalue weighted by molar-refractivity contribution is -0.139. The van der Waals surface area contributed by atoms with Crippen molar-refractivity contribution in [2.24, 2.45) is 0 Å². The second-order valence-corrected chi connectivity index (χ2v) is 4.37. The number of halogens is 4. The minimum atomic E-state index is -4.49. The van der Waals surface area contributed by atoms with Crippen molar-refractivity contribution in [1.82, 2.24) is 0 Å². The highest BCUT2D eigenvalue weighted by molar-refractivity contribution is 14.1. The number of carbonyl (C=O) groups is 1. The van der Waals surface area contributed by atoms with Gasteiger partial charge in [0.15, 0.2) is 5.78 Å². The van der Waals surface area contributed by atoms with E-state index >= 15 is 0 Å². The number of Topliss-reactive ketones (excluding diaryl/α,β-unsaturated/α-hetero) is 1. The number of rotatable bonds is 3. The van der Waals surface area contributed by atoms with E-state index in [0.717, 1.165) is 6.07 Å². The summed E-state index contributed by atoms with van der Waals surface area (Å²) in [7, 11) is 0. The molecule has 0 radical (unpaired) electrons. The van der Waals surface area contributed by atoms with Gasteiger partial charge in [0.1, 0.15) is 5.75 Å². The van der Waals surface area contributed by atoms with Crippen LogP contribution < -0.4 is 4.74 Å². The molecule has 6 heteroatoms. The van der Waals surface area contributed by atoms with Crippen LogP contribution in [0.15, 0.2) is 12.1 Å². The van der Waals surface area contributed by atoms with Crippen LogP contribution in [0.3, 0.4) is 0 Å². The summed E-state index contributed by atoms with van der Waals surface area (Å²) in [5.74, 6) is -0.558. The van der Waals surface area contributed by atoms with E-state index in [-0.39, 0.29) is 27.3 Å². The van der Waals surface area contributed by atoms with Gasteiger partial charge in [-0.05, 0) is 48.6 Å². The lowest BCUT2D eigenvalue weighted by atomic mass is 10.1. The lowest BCUT2D eigenvalue weighted by Gasteiger charge is -2.16. The summed E-state index contributed by atoms with van der Waals surface area (Å²) in [6.07, 6.45) is -4.49. The van der Waals surface area contributed by atoms with Crippen LogP contribution >= 0.6 is 22.6 Å². The number of benzene rings is 1. The third kappa shape index (κ3) is 3.11. The number of alkyl halides is 3. The zero-order chi connectivity index (χ0) is 13.2. The molecule has 0 aliphatic carbocycles. The van der Waals surface area contributed by atoms with Gasteiger partial charge in [0, 0.05) is 5.56 Å². The molecule has 94 valence electrons. The Labute approximate surface area is 110 Å². The highest BCUT2D eigenvalue weighted by atomic mass is 127. The Morgan fingerprint density at radius 1 is 1.41 bits per heavy atom. The van der Waals surface area contributed by atoms with Gasteiger partial charge in [-0.3, -0.25) is 4.79 Å². The molecule has 0 amide bonds. The molecule has 0 heterocycles. The van der Waals surface area contributed by atoms with E-state index in [0.29, 0.717) is 0 Å². The topological polar surface area (TPSA) is 26.3 Å². The first-order valence-corrected chi connectivity index (χ1v) is 5.90. The van der Waals surface area contributed by atoms with Crippen molar-refractivity contribution in [3.8, 4) is 5.75 Å². The summed E-state index contributed by atoms with van der Waals surface area (Å²) in [5, 5.41) is 0. The zero-order valence-corrected chi connectivity index (χ0v) is 11.3. The number of hydrogen-bond donors (Lipinski definition) is 0. The molecular formula is C11H10F3IO2. The van der Waals surface area contributed by atoms with Crippen molar-refractivity contribution in [3.63, 3.8) is 0 Å². The SMILES string of the molecule is CCOc1c(C(F)(F)F)ccc(C(C)=O)c1I. The maximum Gasteiger partial charge on any atom is 0.420 e. The second-order valence-electron chi connectivity index (χ2n) is 3.29. The predicted molar refractivity (Wildman–Crippen MR) is 65.3 cm³/mol. The van der Waals surface area contributed by atoms with Crippen LogP contribution in [0.4, 0.5) is 13.2 Å². The van der Waals surface area contributed by atoms with Gasteiger partial charge in [-0.15, -0.1) is 0 Å². The van der Waals surface area contributed by atoms with E-state index in [9.17, 15) is 18.0 Å². The Balaban J connectivity index is 3.45. The lowest BCUT2D eigenvalue weighted by Crippen LogP contribution is -2.12. The number of carbonyl (C=O) groups excluding carboxylic acids is 1. The standard InChI is InChI=1S/C11H10F3IO2/c1-3-17-10-8(11(12,13)14)5-4-7(6(2)16)9(10)15/h4-5H,3H2,1-2H3. The highest BCUT2D eigenvalue weighted by Crippen LogP contribution is 2.40. The molecule has 0 bridgehead atoms. The first kappa shape index (κ1) is 14.3. The van der Waals surface area contributed by atoms with Gasteiger partial charge in [0.05, 0.1) is 15.7 Å². The number of ether oxygens (including phenoxy) is 1. The van der Waals surface area contributed by atoms with Crippen LogP contribution in [0, 0.1) is 3.57 Å². The molecule has 0 unspecified atom stereocenters. The molecule has 0 aromatic heterocycles. The molecule has 0 atom stereocenters. The van der Waals surface area contributed by atoms with Crippen molar-refractivity contribution < 1.29 is 22.7 Å². The molecular weight excluding hydrogens is 348 g/mol. The molecule has 0 aliphatic rings. The first-order chi connectivity index (χ1) is 7.79. The van der Waals surface area contributed by atoms with Gasteiger partial charge in [-0.25, -0.2) is 0 Å². The van der Waals surface area contributed by atoms with E-state index in [2.05, 4.69) is 0 Å². The maximum absolute atomic E-state index is 12.7. The van der Waals surface area contributed by atoms with E-state index in [4.69, 9.17) is 4.74 Å². The monoisotopic (exact) mass is 358 g/mol. The third-order valence-electron chi connectivity index (χ3n) is 2.07. The summed E-state index contributed by atoms with van der Waals surface area (Å²) >= 11 is 1.70. The van der Waals surface area contributed by atoms with Crippen LogP contribution in [0.5, 0.6) is 5.75 Å². The summed E-state index contributed by atoms with van der Waals surface area (Å²) in [6.45, 7) is 3.01. The first-order valence-electron chi connectivity index (χ1n) is 4.82. The van der Waals surface area contributed by atoms with Gasteiger partial charge < -0.3 is 4.74 Å². The summed E-state index contributed by atoms with van der Waals surface area (Å²) in [6, 6.07) is 2.05. The largest absolute Gasteiger partial charge is 0.492 e. The van der Waals surface area contributed by atoms with Crippen LogP contribution in [0.1, 0.15) is 29.8 Å². The van der Waals surface area contributed by atoms with Gasteiger partial charge >= 0.3 is 6.18 Å². The molecule has 2 nitrogen and oxygen atoms in total. The number of ketones is 1. The van der Waals surface area contributed by atoms with Crippen LogP contribution in [0.25, 0.3) is 0 Å². The fraction of sp³-hybridized carbons (Fsp3) is 0.364. The van der Waals surface area contributed by atoms with Crippen molar-refractivity contribution in [3.05, 3.63) is 26.8 Å². The van der Waals surface area contributed by atoms with E-state index < -0.39 is 11.7 Å². The maximum atomic E-state index is 12.7. The van der Waals surface area contributed by atoms with E-state index in [1.54, 1.807) is 29.5 Å². The van der Waals surface area contributed by atoms with Crippen LogP contribution in [0.2, 0.25) is 0 Å². The molecule has 17 heavy (non-hydrogen) atoms. The molecule has 0 saturated carbocycles. The predicted octanol–water partition coefficient (Wildman–Crippen LogP) is 3.91. The Hall–Kier alpha value is -0.790. The van der Waals surface area contributed by atoms with Crippen molar-refractivity contribution in [2.75, 3.05) is 6.61 Å². The molecule has 0 fully saturated rings. The minimum absolute atomic E-state index is 0.112.